The standard InChI is InChI=1S/C20H16ClF2N5O2/c21-14-9-13(4-5-15(14)23)25-20(30)27-6-7-28-16(10-27)17(19(24)29)18(26-28)11-2-1-3-12(22)8-11/h1-5,8-9H,6-7,10H2,(H2,24,29)(H,25,30). The first-order valence-corrected chi connectivity index (χ1v) is 9.37. The van der Waals surface area contributed by atoms with Gasteiger partial charge in [0.1, 0.15) is 17.3 Å². The summed E-state index contributed by atoms with van der Waals surface area (Å²) in [6, 6.07) is 9.10. The number of nitrogens with one attached hydrogen (secondary N) is 1. The van der Waals surface area contributed by atoms with E-state index in [-0.39, 0.29) is 22.8 Å². The van der Waals surface area contributed by atoms with Crippen LogP contribution in [0, 0.1) is 11.6 Å². The second kappa shape index (κ2) is 7.75. The minimum absolute atomic E-state index is 0.0708. The number of hydrogen-bond acceptors (Lipinski definition) is 3. The van der Waals surface area contributed by atoms with Crippen LogP contribution in [0.4, 0.5) is 19.3 Å². The minimum Gasteiger partial charge on any atom is -0.365 e. The molecule has 3 aromatic rings. The Labute approximate surface area is 175 Å². The molecular weight excluding hydrogens is 416 g/mol. The number of benzene rings is 2. The van der Waals surface area contributed by atoms with E-state index in [1.165, 1.54) is 35.2 Å². The topological polar surface area (TPSA) is 93.2 Å². The van der Waals surface area contributed by atoms with Crippen molar-refractivity contribution in [2.75, 3.05) is 11.9 Å². The van der Waals surface area contributed by atoms with Gasteiger partial charge in [0, 0.05) is 17.8 Å². The molecular formula is C20H16ClF2N5O2. The molecule has 154 valence electrons. The summed E-state index contributed by atoms with van der Waals surface area (Å²) in [6.07, 6.45) is 0. The minimum atomic E-state index is -0.719. The van der Waals surface area contributed by atoms with Gasteiger partial charge in [-0.1, -0.05) is 23.7 Å². The molecule has 1 aliphatic rings. The average molecular weight is 432 g/mol. The molecule has 0 saturated heterocycles. The van der Waals surface area contributed by atoms with Crippen molar-refractivity contribution >= 4 is 29.2 Å². The highest BCUT2D eigenvalue weighted by Crippen LogP contribution is 2.29. The van der Waals surface area contributed by atoms with Crippen molar-refractivity contribution in [3.05, 3.63) is 70.4 Å². The first-order chi connectivity index (χ1) is 14.3. The molecule has 0 fully saturated rings. The quantitative estimate of drug-likeness (QED) is 0.663. The van der Waals surface area contributed by atoms with Crippen LogP contribution in [0.25, 0.3) is 11.3 Å². The number of fused-ring (bicyclic) bond motifs is 1. The van der Waals surface area contributed by atoms with Crippen LogP contribution in [-0.4, -0.2) is 33.2 Å². The summed E-state index contributed by atoms with van der Waals surface area (Å²) < 4.78 is 28.6. The lowest BCUT2D eigenvalue weighted by Crippen LogP contribution is -2.41. The van der Waals surface area contributed by atoms with E-state index >= 15 is 0 Å². The predicted octanol–water partition coefficient (Wildman–Crippen LogP) is 3.63. The molecule has 0 aliphatic carbocycles. The van der Waals surface area contributed by atoms with E-state index in [0.29, 0.717) is 30.0 Å². The second-order valence-corrected chi connectivity index (χ2v) is 7.16. The van der Waals surface area contributed by atoms with Gasteiger partial charge in [-0.3, -0.25) is 9.48 Å². The lowest BCUT2D eigenvalue weighted by atomic mass is 10.0. The highest BCUT2D eigenvalue weighted by Gasteiger charge is 2.29. The SMILES string of the molecule is NC(=O)c1c(-c2cccc(F)c2)nn2c1CN(C(=O)Nc1ccc(F)c(Cl)c1)CC2. The summed E-state index contributed by atoms with van der Waals surface area (Å²) in [4.78, 5) is 26.3. The van der Waals surface area contributed by atoms with Crippen LogP contribution in [0.15, 0.2) is 42.5 Å². The van der Waals surface area contributed by atoms with Gasteiger partial charge in [0.25, 0.3) is 5.91 Å². The largest absolute Gasteiger partial charge is 0.365 e. The summed E-state index contributed by atoms with van der Waals surface area (Å²) >= 11 is 5.75. The number of primary amides is 1. The molecule has 1 aromatic heterocycles. The van der Waals surface area contributed by atoms with Crippen molar-refractivity contribution in [3.63, 3.8) is 0 Å². The van der Waals surface area contributed by atoms with E-state index < -0.39 is 23.6 Å². The number of nitrogens with zero attached hydrogens (tertiary/aromatic N) is 3. The summed E-state index contributed by atoms with van der Waals surface area (Å²) in [6.45, 7) is 0.708. The fraction of sp³-hybridized carbons (Fsp3) is 0.150. The number of carbonyl (C=O) groups excluding carboxylic acids is 2. The molecule has 3 amide bonds. The Bertz CT molecular complexity index is 1160. The van der Waals surface area contributed by atoms with E-state index in [1.54, 1.807) is 10.7 Å². The Morgan fingerprint density at radius 1 is 1.13 bits per heavy atom. The van der Waals surface area contributed by atoms with Crippen molar-refractivity contribution in [1.29, 1.82) is 0 Å². The molecule has 30 heavy (non-hydrogen) atoms. The molecule has 0 unspecified atom stereocenters. The number of nitrogens with two attached hydrogens (primary N) is 1. The molecule has 3 N–H and O–H groups in total. The van der Waals surface area contributed by atoms with Crippen molar-refractivity contribution in [3.8, 4) is 11.3 Å². The third-order valence-electron chi connectivity index (χ3n) is 4.78. The van der Waals surface area contributed by atoms with Crippen molar-refractivity contribution in [1.82, 2.24) is 14.7 Å². The molecule has 2 heterocycles. The highest BCUT2D eigenvalue weighted by atomic mass is 35.5. The third-order valence-corrected chi connectivity index (χ3v) is 5.07. The lowest BCUT2D eigenvalue weighted by molar-refractivity contribution is 0.0997. The average Bonchev–Trinajstić information content (AvgIpc) is 3.10. The van der Waals surface area contributed by atoms with Crippen LogP contribution in [0.5, 0.6) is 0 Å². The van der Waals surface area contributed by atoms with Crippen LogP contribution in [-0.2, 0) is 13.1 Å². The monoisotopic (exact) mass is 431 g/mol. The van der Waals surface area contributed by atoms with Crippen molar-refractivity contribution in [2.45, 2.75) is 13.1 Å². The van der Waals surface area contributed by atoms with Gasteiger partial charge in [0.05, 0.1) is 29.4 Å². The number of urea groups is 1. The lowest BCUT2D eigenvalue weighted by Gasteiger charge is -2.28. The molecule has 0 atom stereocenters. The summed E-state index contributed by atoms with van der Waals surface area (Å²) in [7, 11) is 0. The van der Waals surface area contributed by atoms with Gasteiger partial charge >= 0.3 is 6.03 Å². The van der Waals surface area contributed by atoms with E-state index in [1.807, 2.05) is 0 Å². The zero-order chi connectivity index (χ0) is 21.4. The van der Waals surface area contributed by atoms with Gasteiger partial charge in [0.15, 0.2) is 0 Å². The highest BCUT2D eigenvalue weighted by molar-refractivity contribution is 6.31. The van der Waals surface area contributed by atoms with Crippen LogP contribution in [0.1, 0.15) is 16.1 Å². The number of carbonyl (C=O) groups is 2. The Morgan fingerprint density at radius 3 is 2.63 bits per heavy atom. The number of halogens is 3. The van der Waals surface area contributed by atoms with E-state index in [4.69, 9.17) is 17.3 Å². The second-order valence-electron chi connectivity index (χ2n) is 6.75. The van der Waals surface area contributed by atoms with Gasteiger partial charge in [-0.05, 0) is 30.3 Å². The summed E-state index contributed by atoms with van der Waals surface area (Å²) in [5.41, 5.74) is 7.20. The maximum Gasteiger partial charge on any atom is 0.322 e. The Hall–Kier alpha value is -3.46. The van der Waals surface area contributed by atoms with Crippen LogP contribution in [0.2, 0.25) is 5.02 Å². The fourth-order valence-corrected chi connectivity index (χ4v) is 3.54. The molecule has 0 saturated carbocycles. The number of hydrogen-bond donors (Lipinski definition) is 2. The summed E-state index contributed by atoms with van der Waals surface area (Å²) in [5, 5.41) is 6.95. The predicted molar refractivity (Wildman–Crippen MR) is 107 cm³/mol. The Morgan fingerprint density at radius 2 is 1.93 bits per heavy atom. The van der Waals surface area contributed by atoms with Crippen molar-refractivity contribution in [2.24, 2.45) is 5.73 Å². The van der Waals surface area contributed by atoms with E-state index in [0.717, 1.165) is 6.07 Å². The maximum atomic E-state index is 13.7. The molecule has 0 radical (unpaired) electrons. The number of aromatic nitrogens is 2. The Kier molecular flexibility index (Phi) is 5.13. The van der Waals surface area contributed by atoms with Gasteiger partial charge in [-0.15, -0.1) is 0 Å². The fourth-order valence-electron chi connectivity index (χ4n) is 3.36. The van der Waals surface area contributed by atoms with Crippen LogP contribution in [0.3, 0.4) is 0 Å². The van der Waals surface area contributed by atoms with E-state index in [9.17, 15) is 18.4 Å². The molecule has 2 aromatic carbocycles. The molecule has 1 aliphatic heterocycles. The maximum absolute atomic E-state index is 13.7. The molecule has 0 spiro atoms. The van der Waals surface area contributed by atoms with Gasteiger partial charge in [-0.25, -0.2) is 13.6 Å². The number of amides is 3. The molecule has 7 nitrogen and oxygen atoms in total. The molecule has 10 heteroatoms. The Balaban J connectivity index is 1.62. The molecule has 0 bridgehead atoms. The zero-order valence-electron chi connectivity index (χ0n) is 15.5. The van der Waals surface area contributed by atoms with Crippen molar-refractivity contribution < 1.29 is 18.4 Å². The third kappa shape index (κ3) is 3.71. The normalized spacial score (nSPS) is 13.1. The van der Waals surface area contributed by atoms with E-state index in [2.05, 4.69) is 10.4 Å². The van der Waals surface area contributed by atoms with Crippen LogP contribution >= 0.6 is 11.6 Å². The molecule has 4 rings (SSSR count). The zero-order valence-corrected chi connectivity index (χ0v) is 16.3. The van der Waals surface area contributed by atoms with Gasteiger partial charge < -0.3 is 16.0 Å². The first kappa shape index (κ1) is 19.8. The number of rotatable bonds is 3. The number of anilines is 1. The summed E-state index contributed by atoms with van der Waals surface area (Å²) in [5.74, 6) is -1.77. The van der Waals surface area contributed by atoms with Crippen LogP contribution < -0.4 is 11.1 Å². The van der Waals surface area contributed by atoms with Gasteiger partial charge in [-0.2, -0.15) is 5.10 Å². The first-order valence-electron chi connectivity index (χ1n) is 9.00. The smallest absolute Gasteiger partial charge is 0.322 e. The van der Waals surface area contributed by atoms with Gasteiger partial charge in [0.2, 0.25) is 0 Å².